The standard InChI is InChI=1S/C13H17N5O/c1-9(13(19)18-6-2-3-7-18)16-12-5-4-10(15)11(8-14)17-12/h4-5,9H,2-3,6-7,15H2,1H3,(H,16,17). The Morgan fingerprint density at radius 2 is 2.21 bits per heavy atom. The molecule has 0 aromatic carbocycles. The molecule has 3 N–H and O–H groups in total. The zero-order chi connectivity index (χ0) is 13.8. The van der Waals surface area contributed by atoms with Gasteiger partial charge in [-0.15, -0.1) is 0 Å². The van der Waals surface area contributed by atoms with Crippen molar-refractivity contribution >= 4 is 17.4 Å². The molecule has 19 heavy (non-hydrogen) atoms. The Labute approximate surface area is 112 Å². The largest absolute Gasteiger partial charge is 0.396 e. The number of hydrogen-bond acceptors (Lipinski definition) is 5. The van der Waals surface area contributed by atoms with Crippen LogP contribution < -0.4 is 11.1 Å². The molecule has 6 heteroatoms. The van der Waals surface area contributed by atoms with Crippen LogP contribution in [-0.2, 0) is 4.79 Å². The van der Waals surface area contributed by atoms with Crippen LogP contribution in [0.5, 0.6) is 0 Å². The van der Waals surface area contributed by atoms with E-state index in [2.05, 4.69) is 10.3 Å². The number of amides is 1. The SMILES string of the molecule is CC(Nc1ccc(N)c(C#N)n1)C(=O)N1CCCC1. The lowest BCUT2D eigenvalue weighted by atomic mass is 10.2. The number of carbonyl (C=O) groups is 1. The summed E-state index contributed by atoms with van der Waals surface area (Å²) in [6, 6.07) is 4.84. The summed E-state index contributed by atoms with van der Waals surface area (Å²) in [6.45, 7) is 3.44. The van der Waals surface area contributed by atoms with Crippen molar-refractivity contribution in [1.29, 1.82) is 5.26 Å². The molecule has 1 aromatic rings. The second-order valence-corrected chi connectivity index (χ2v) is 4.64. The first-order valence-electron chi connectivity index (χ1n) is 6.34. The van der Waals surface area contributed by atoms with E-state index >= 15 is 0 Å². The second-order valence-electron chi connectivity index (χ2n) is 4.64. The van der Waals surface area contributed by atoms with Crippen LogP contribution >= 0.6 is 0 Å². The van der Waals surface area contributed by atoms with Gasteiger partial charge in [0.2, 0.25) is 5.91 Å². The number of nitrogens with two attached hydrogens (primary N) is 1. The van der Waals surface area contributed by atoms with Gasteiger partial charge in [-0.1, -0.05) is 0 Å². The van der Waals surface area contributed by atoms with Crippen molar-refractivity contribution in [2.24, 2.45) is 0 Å². The normalized spacial score (nSPS) is 15.9. The zero-order valence-electron chi connectivity index (χ0n) is 10.9. The first kappa shape index (κ1) is 13.1. The average Bonchev–Trinajstić information content (AvgIpc) is 2.94. The van der Waals surface area contributed by atoms with Crippen molar-refractivity contribution in [2.45, 2.75) is 25.8 Å². The maximum Gasteiger partial charge on any atom is 0.244 e. The van der Waals surface area contributed by atoms with Crippen LogP contribution in [0.4, 0.5) is 11.5 Å². The van der Waals surface area contributed by atoms with Crippen molar-refractivity contribution in [3.05, 3.63) is 17.8 Å². The van der Waals surface area contributed by atoms with Gasteiger partial charge in [-0.05, 0) is 31.9 Å². The fourth-order valence-electron chi connectivity index (χ4n) is 2.13. The average molecular weight is 259 g/mol. The van der Waals surface area contributed by atoms with Gasteiger partial charge in [0.05, 0.1) is 5.69 Å². The van der Waals surface area contributed by atoms with Gasteiger partial charge in [-0.2, -0.15) is 5.26 Å². The molecule has 2 rings (SSSR count). The number of nitrogens with one attached hydrogen (secondary N) is 1. The summed E-state index contributed by atoms with van der Waals surface area (Å²) < 4.78 is 0. The Kier molecular flexibility index (Phi) is 3.85. The highest BCUT2D eigenvalue weighted by molar-refractivity contribution is 5.84. The summed E-state index contributed by atoms with van der Waals surface area (Å²) in [7, 11) is 0. The highest BCUT2D eigenvalue weighted by Crippen LogP contribution is 2.15. The van der Waals surface area contributed by atoms with E-state index in [4.69, 9.17) is 11.0 Å². The molecule has 2 heterocycles. The van der Waals surface area contributed by atoms with Crippen molar-refractivity contribution in [2.75, 3.05) is 24.1 Å². The van der Waals surface area contributed by atoms with Crippen molar-refractivity contribution in [3.63, 3.8) is 0 Å². The number of anilines is 2. The summed E-state index contributed by atoms with van der Waals surface area (Å²) in [6.07, 6.45) is 2.13. The molecule has 0 saturated carbocycles. The van der Waals surface area contributed by atoms with Crippen LogP contribution in [0.25, 0.3) is 0 Å². The zero-order valence-corrected chi connectivity index (χ0v) is 10.9. The number of pyridine rings is 1. The van der Waals surface area contributed by atoms with Gasteiger partial charge in [-0.25, -0.2) is 4.98 Å². The van der Waals surface area contributed by atoms with E-state index in [9.17, 15) is 4.79 Å². The number of aromatic nitrogens is 1. The number of carbonyl (C=O) groups excluding carboxylic acids is 1. The predicted octanol–water partition coefficient (Wildman–Crippen LogP) is 0.958. The third-order valence-corrected chi connectivity index (χ3v) is 3.18. The fraction of sp³-hybridized carbons (Fsp3) is 0.462. The van der Waals surface area contributed by atoms with Crippen molar-refractivity contribution in [1.82, 2.24) is 9.88 Å². The molecule has 0 bridgehead atoms. The van der Waals surface area contributed by atoms with Gasteiger partial charge in [0.15, 0.2) is 5.69 Å². The Bertz CT molecular complexity index is 516. The highest BCUT2D eigenvalue weighted by Gasteiger charge is 2.23. The third-order valence-electron chi connectivity index (χ3n) is 3.18. The maximum absolute atomic E-state index is 12.1. The van der Waals surface area contributed by atoms with Gasteiger partial charge in [0.1, 0.15) is 17.9 Å². The number of hydrogen-bond donors (Lipinski definition) is 2. The van der Waals surface area contributed by atoms with Crippen molar-refractivity contribution < 1.29 is 4.79 Å². The summed E-state index contributed by atoms with van der Waals surface area (Å²) in [5.74, 6) is 0.556. The Morgan fingerprint density at radius 3 is 2.84 bits per heavy atom. The molecule has 0 radical (unpaired) electrons. The molecule has 0 spiro atoms. The van der Waals surface area contributed by atoms with E-state index < -0.39 is 0 Å². The summed E-state index contributed by atoms with van der Waals surface area (Å²) in [5.41, 5.74) is 6.11. The molecule has 1 saturated heterocycles. The van der Waals surface area contributed by atoms with Crippen LogP contribution in [0.3, 0.4) is 0 Å². The summed E-state index contributed by atoms with van der Waals surface area (Å²) in [5, 5.41) is 11.9. The van der Waals surface area contributed by atoms with E-state index in [0.717, 1.165) is 25.9 Å². The molecule has 0 aliphatic carbocycles. The van der Waals surface area contributed by atoms with Gasteiger partial charge in [0.25, 0.3) is 0 Å². The molecule has 1 aromatic heterocycles. The summed E-state index contributed by atoms with van der Waals surface area (Å²) >= 11 is 0. The first-order valence-corrected chi connectivity index (χ1v) is 6.34. The summed E-state index contributed by atoms with van der Waals surface area (Å²) in [4.78, 5) is 18.0. The Morgan fingerprint density at radius 1 is 1.53 bits per heavy atom. The van der Waals surface area contributed by atoms with E-state index in [1.807, 2.05) is 11.0 Å². The minimum Gasteiger partial charge on any atom is -0.396 e. The minimum atomic E-state index is -0.360. The smallest absolute Gasteiger partial charge is 0.244 e. The first-order chi connectivity index (χ1) is 9.11. The molecule has 1 atom stereocenters. The van der Waals surface area contributed by atoms with Crippen LogP contribution in [0.1, 0.15) is 25.5 Å². The van der Waals surface area contributed by atoms with E-state index in [0.29, 0.717) is 11.5 Å². The maximum atomic E-state index is 12.1. The Balaban J connectivity index is 2.04. The molecule has 1 aliphatic heterocycles. The van der Waals surface area contributed by atoms with Crippen LogP contribution in [0.15, 0.2) is 12.1 Å². The number of nitrogens with zero attached hydrogens (tertiary/aromatic N) is 3. The molecule has 6 nitrogen and oxygen atoms in total. The fourth-order valence-corrected chi connectivity index (χ4v) is 2.13. The molecular formula is C13H17N5O. The number of likely N-dealkylation sites (tertiary alicyclic amines) is 1. The highest BCUT2D eigenvalue weighted by atomic mass is 16.2. The molecule has 1 unspecified atom stereocenters. The predicted molar refractivity (Wildman–Crippen MR) is 72.3 cm³/mol. The topological polar surface area (TPSA) is 95.0 Å². The second kappa shape index (κ2) is 5.57. The van der Waals surface area contributed by atoms with E-state index in [1.54, 1.807) is 19.1 Å². The molecule has 1 aliphatic rings. The molecular weight excluding hydrogens is 242 g/mol. The lowest BCUT2D eigenvalue weighted by Gasteiger charge is -2.21. The van der Waals surface area contributed by atoms with Crippen molar-refractivity contribution in [3.8, 4) is 6.07 Å². The number of rotatable bonds is 3. The van der Waals surface area contributed by atoms with Crippen LogP contribution in [-0.4, -0.2) is 34.9 Å². The van der Waals surface area contributed by atoms with Gasteiger partial charge >= 0.3 is 0 Å². The van der Waals surface area contributed by atoms with E-state index in [-0.39, 0.29) is 17.6 Å². The van der Waals surface area contributed by atoms with Crippen LogP contribution in [0, 0.1) is 11.3 Å². The lowest BCUT2D eigenvalue weighted by molar-refractivity contribution is -0.130. The monoisotopic (exact) mass is 259 g/mol. The lowest BCUT2D eigenvalue weighted by Crippen LogP contribution is -2.39. The Hall–Kier alpha value is -2.29. The third kappa shape index (κ3) is 2.94. The molecule has 1 fully saturated rings. The minimum absolute atomic E-state index is 0.0645. The van der Waals surface area contributed by atoms with Gasteiger partial charge in [-0.3, -0.25) is 4.79 Å². The van der Waals surface area contributed by atoms with Gasteiger partial charge < -0.3 is 16.0 Å². The quantitative estimate of drug-likeness (QED) is 0.843. The number of nitrogen functional groups attached to an aromatic ring is 1. The molecule has 1 amide bonds. The van der Waals surface area contributed by atoms with Gasteiger partial charge in [0, 0.05) is 13.1 Å². The van der Waals surface area contributed by atoms with Crippen LogP contribution in [0.2, 0.25) is 0 Å². The van der Waals surface area contributed by atoms with E-state index in [1.165, 1.54) is 0 Å². The number of nitriles is 1. The molecule has 100 valence electrons.